The van der Waals surface area contributed by atoms with E-state index in [0.29, 0.717) is 12.5 Å². The Morgan fingerprint density at radius 1 is 1.09 bits per heavy atom. The minimum Gasteiger partial charge on any atom is -0.321 e. The molecular weight excluding hydrogens is 272 g/mol. The fraction of sp³-hybridized carbons (Fsp3) is 0.421. The Balaban J connectivity index is 2.35. The molecule has 0 aliphatic heterocycles. The molecule has 1 aromatic carbocycles. The summed E-state index contributed by atoms with van der Waals surface area (Å²) in [6.07, 6.45) is 1.97. The minimum absolute atomic E-state index is 0.105. The van der Waals surface area contributed by atoms with Crippen LogP contribution in [0.2, 0.25) is 0 Å². The van der Waals surface area contributed by atoms with E-state index in [1.807, 2.05) is 13.1 Å². The van der Waals surface area contributed by atoms with Crippen LogP contribution in [0.4, 0.5) is 0 Å². The first-order valence-electron chi connectivity index (χ1n) is 7.89. The third-order valence-electron chi connectivity index (χ3n) is 3.96. The van der Waals surface area contributed by atoms with Gasteiger partial charge in [0.1, 0.15) is 0 Å². The normalized spacial score (nSPS) is 11.2. The van der Waals surface area contributed by atoms with E-state index >= 15 is 0 Å². The number of hydrogen-bond donors (Lipinski definition) is 1. The molecule has 0 aliphatic rings. The number of pyridine rings is 1. The van der Waals surface area contributed by atoms with Gasteiger partial charge in [0.2, 0.25) is 0 Å². The first-order chi connectivity index (χ1) is 10.4. The third-order valence-corrected chi connectivity index (χ3v) is 3.96. The molecule has 0 aliphatic carbocycles. The molecule has 22 heavy (non-hydrogen) atoms. The molecule has 0 spiro atoms. The van der Waals surface area contributed by atoms with Crippen molar-refractivity contribution in [3.8, 4) is 5.69 Å². The molecule has 0 amide bonds. The van der Waals surface area contributed by atoms with Crippen LogP contribution < -0.4 is 10.7 Å². The van der Waals surface area contributed by atoms with Crippen molar-refractivity contribution in [1.82, 2.24) is 9.88 Å². The summed E-state index contributed by atoms with van der Waals surface area (Å²) in [5, 5.41) is 3.35. The monoisotopic (exact) mass is 298 g/mol. The van der Waals surface area contributed by atoms with Gasteiger partial charge < -0.3 is 9.88 Å². The van der Waals surface area contributed by atoms with Gasteiger partial charge in [-0.1, -0.05) is 19.9 Å². The van der Waals surface area contributed by atoms with Gasteiger partial charge in [0.25, 0.3) is 0 Å². The standard InChI is InChI=1S/C19H26N2O/c1-13(2)10-20-11-17-12-21(16(5)9-19(17)22)18-7-6-14(3)15(4)8-18/h6-9,12-13,20H,10-11H2,1-5H3. The van der Waals surface area contributed by atoms with Crippen molar-refractivity contribution in [3.05, 3.63) is 63.1 Å². The number of nitrogens with one attached hydrogen (secondary N) is 1. The Morgan fingerprint density at radius 2 is 1.82 bits per heavy atom. The predicted molar refractivity (Wildman–Crippen MR) is 92.8 cm³/mol. The summed E-state index contributed by atoms with van der Waals surface area (Å²) in [6, 6.07) is 8.11. The number of aryl methyl sites for hydroxylation is 3. The second kappa shape index (κ2) is 6.93. The van der Waals surface area contributed by atoms with Crippen molar-refractivity contribution in [3.63, 3.8) is 0 Å². The smallest absolute Gasteiger partial charge is 0.186 e. The van der Waals surface area contributed by atoms with Crippen LogP contribution in [0.5, 0.6) is 0 Å². The van der Waals surface area contributed by atoms with Crippen molar-refractivity contribution < 1.29 is 0 Å². The zero-order valence-electron chi connectivity index (χ0n) is 14.2. The molecule has 0 radical (unpaired) electrons. The van der Waals surface area contributed by atoms with E-state index in [0.717, 1.165) is 23.5 Å². The Hall–Kier alpha value is -1.87. The van der Waals surface area contributed by atoms with E-state index in [4.69, 9.17) is 0 Å². The summed E-state index contributed by atoms with van der Waals surface area (Å²) < 4.78 is 2.10. The molecule has 0 saturated carbocycles. The number of benzene rings is 1. The summed E-state index contributed by atoms with van der Waals surface area (Å²) in [5.74, 6) is 0.576. The highest BCUT2D eigenvalue weighted by molar-refractivity contribution is 5.41. The summed E-state index contributed by atoms with van der Waals surface area (Å²) in [5.41, 5.74) is 5.52. The van der Waals surface area contributed by atoms with E-state index in [-0.39, 0.29) is 5.43 Å². The maximum atomic E-state index is 12.2. The second-order valence-corrected chi connectivity index (χ2v) is 6.47. The van der Waals surface area contributed by atoms with Crippen molar-refractivity contribution >= 4 is 0 Å². The van der Waals surface area contributed by atoms with Gasteiger partial charge in [-0.05, 0) is 56.5 Å². The molecule has 2 aromatic rings. The van der Waals surface area contributed by atoms with Gasteiger partial charge in [-0.2, -0.15) is 0 Å². The van der Waals surface area contributed by atoms with Crippen molar-refractivity contribution in [2.75, 3.05) is 6.54 Å². The largest absolute Gasteiger partial charge is 0.321 e. The zero-order valence-corrected chi connectivity index (χ0v) is 14.2. The van der Waals surface area contributed by atoms with Crippen molar-refractivity contribution in [1.29, 1.82) is 0 Å². The first-order valence-corrected chi connectivity index (χ1v) is 7.89. The van der Waals surface area contributed by atoms with Gasteiger partial charge in [0.15, 0.2) is 5.43 Å². The molecule has 1 heterocycles. The second-order valence-electron chi connectivity index (χ2n) is 6.47. The summed E-state index contributed by atoms with van der Waals surface area (Å²) in [4.78, 5) is 12.2. The maximum Gasteiger partial charge on any atom is 0.186 e. The Kier molecular flexibility index (Phi) is 5.19. The molecule has 0 atom stereocenters. The lowest BCUT2D eigenvalue weighted by Crippen LogP contribution is -2.24. The maximum absolute atomic E-state index is 12.2. The van der Waals surface area contributed by atoms with Crippen LogP contribution in [-0.4, -0.2) is 11.1 Å². The molecule has 3 heteroatoms. The van der Waals surface area contributed by atoms with Gasteiger partial charge >= 0.3 is 0 Å². The minimum atomic E-state index is 0.105. The lowest BCUT2D eigenvalue weighted by Gasteiger charge is -2.15. The van der Waals surface area contributed by atoms with Crippen LogP contribution in [0.3, 0.4) is 0 Å². The van der Waals surface area contributed by atoms with Crippen molar-refractivity contribution in [2.45, 2.75) is 41.2 Å². The number of hydrogen-bond acceptors (Lipinski definition) is 2. The highest BCUT2D eigenvalue weighted by Crippen LogP contribution is 2.16. The first kappa shape index (κ1) is 16.5. The average Bonchev–Trinajstić information content (AvgIpc) is 2.44. The summed E-state index contributed by atoms with van der Waals surface area (Å²) in [7, 11) is 0. The molecular formula is C19H26N2O. The van der Waals surface area contributed by atoms with Gasteiger partial charge in [-0.3, -0.25) is 4.79 Å². The Morgan fingerprint density at radius 3 is 2.45 bits per heavy atom. The van der Waals surface area contributed by atoms with Gasteiger partial charge in [0.05, 0.1) is 0 Å². The van der Waals surface area contributed by atoms with E-state index < -0.39 is 0 Å². The van der Waals surface area contributed by atoms with Crippen LogP contribution in [0.1, 0.15) is 36.2 Å². The SMILES string of the molecule is Cc1ccc(-n2cc(CNCC(C)C)c(=O)cc2C)cc1C. The number of rotatable bonds is 5. The molecule has 118 valence electrons. The Bertz CT molecular complexity index is 714. The lowest BCUT2D eigenvalue weighted by atomic mass is 10.1. The van der Waals surface area contributed by atoms with Crippen LogP contribution in [0.25, 0.3) is 5.69 Å². The topological polar surface area (TPSA) is 34.0 Å². The fourth-order valence-corrected chi connectivity index (χ4v) is 2.46. The van der Waals surface area contributed by atoms with Crippen molar-refractivity contribution in [2.24, 2.45) is 5.92 Å². The van der Waals surface area contributed by atoms with Gasteiger partial charge in [-0.25, -0.2) is 0 Å². The number of nitrogens with zero attached hydrogens (tertiary/aromatic N) is 1. The quantitative estimate of drug-likeness (QED) is 0.916. The third kappa shape index (κ3) is 3.86. The predicted octanol–water partition coefficient (Wildman–Crippen LogP) is 3.51. The highest BCUT2D eigenvalue weighted by atomic mass is 16.1. The van der Waals surface area contributed by atoms with Crippen LogP contribution in [0.15, 0.2) is 35.3 Å². The molecule has 3 nitrogen and oxygen atoms in total. The molecule has 2 rings (SSSR count). The van der Waals surface area contributed by atoms with Gasteiger partial charge in [0, 0.05) is 35.8 Å². The van der Waals surface area contributed by atoms with E-state index in [1.54, 1.807) is 6.07 Å². The molecule has 0 saturated heterocycles. The molecule has 1 N–H and O–H groups in total. The van der Waals surface area contributed by atoms with Crippen LogP contribution in [-0.2, 0) is 6.54 Å². The highest BCUT2D eigenvalue weighted by Gasteiger charge is 2.07. The fourth-order valence-electron chi connectivity index (χ4n) is 2.46. The molecule has 0 unspecified atom stereocenters. The van der Waals surface area contributed by atoms with E-state index in [1.165, 1.54) is 11.1 Å². The van der Waals surface area contributed by atoms with E-state index in [2.05, 4.69) is 55.8 Å². The number of aromatic nitrogens is 1. The molecule has 0 bridgehead atoms. The van der Waals surface area contributed by atoms with E-state index in [9.17, 15) is 4.79 Å². The Labute approximate surface area is 133 Å². The summed E-state index contributed by atoms with van der Waals surface area (Å²) >= 11 is 0. The molecule has 1 aromatic heterocycles. The zero-order chi connectivity index (χ0) is 16.3. The van der Waals surface area contributed by atoms with Crippen LogP contribution >= 0.6 is 0 Å². The van der Waals surface area contributed by atoms with Gasteiger partial charge in [-0.15, -0.1) is 0 Å². The molecule has 0 fully saturated rings. The summed E-state index contributed by atoms with van der Waals surface area (Å²) in [6.45, 7) is 12.0. The lowest BCUT2D eigenvalue weighted by molar-refractivity contribution is 0.550. The average molecular weight is 298 g/mol. The van der Waals surface area contributed by atoms with Crippen LogP contribution in [0, 0.1) is 26.7 Å².